The van der Waals surface area contributed by atoms with Crippen molar-refractivity contribution in [3.63, 3.8) is 0 Å². The second-order valence-electron chi connectivity index (χ2n) is 2.77. The van der Waals surface area contributed by atoms with E-state index in [1.54, 1.807) is 0 Å². The molecule has 4 nitrogen and oxygen atoms in total. The second kappa shape index (κ2) is 3.83. The summed E-state index contributed by atoms with van der Waals surface area (Å²) >= 11 is 0. The van der Waals surface area contributed by atoms with Gasteiger partial charge in [-0.15, -0.1) is 6.58 Å². The highest BCUT2D eigenvalue weighted by Crippen LogP contribution is 2.36. The van der Waals surface area contributed by atoms with Crippen molar-refractivity contribution in [2.24, 2.45) is 0 Å². The number of benzene rings is 1. The Kier molecular flexibility index (Phi) is 2.76. The molecule has 0 radical (unpaired) electrons. The van der Waals surface area contributed by atoms with E-state index in [2.05, 4.69) is 6.58 Å². The number of hydrogen-bond donors (Lipinski definition) is 3. The van der Waals surface area contributed by atoms with Crippen LogP contribution in [0.3, 0.4) is 0 Å². The molecule has 3 N–H and O–H groups in total. The third-order valence-electron chi connectivity index (χ3n) is 1.87. The Bertz CT molecular complexity index is 382. The average molecular weight is 194 g/mol. The van der Waals surface area contributed by atoms with Crippen LogP contribution in [0.5, 0.6) is 17.2 Å². The molecule has 0 fully saturated rings. The zero-order valence-corrected chi connectivity index (χ0v) is 7.40. The fourth-order valence-corrected chi connectivity index (χ4v) is 1.16. The highest BCUT2D eigenvalue weighted by Gasteiger charge is 2.15. The van der Waals surface area contributed by atoms with E-state index in [1.807, 2.05) is 0 Å². The van der Waals surface area contributed by atoms with Gasteiger partial charge in [0.2, 0.25) is 0 Å². The Morgan fingerprint density at radius 1 is 1.29 bits per heavy atom. The van der Waals surface area contributed by atoms with Gasteiger partial charge in [0.05, 0.1) is 5.56 Å². The van der Waals surface area contributed by atoms with Gasteiger partial charge in [-0.1, -0.05) is 6.08 Å². The van der Waals surface area contributed by atoms with Gasteiger partial charge in [0.25, 0.3) is 0 Å². The van der Waals surface area contributed by atoms with Gasteiger partial charge < -0.3 is 15.3 Å². The molecule has 0 saturated carbocycles. The third kappa shape index (κ3) is 1.54. The summed E-state index contributed by atoms with van der Waals surface area (Å²) in [5.41, 5.74) is -0.0421. The summed E-state index contributed by atoms with van der Waals surface area (Å²) in [4.78, 5) is 10.5. The van der Waals surface area contributed by atoms with Crippen LogP contribution in [0.2, 0.25) is 0 Å². The Hall–Kier alpha value is -1.97. The van der Waals surface area contributed by atoms with E-state index in [-0.39, 0.29) is 23.3 Å². The number of aromatic hydroxyl groups is 3. The van der Waals surface area contributed by atoms with Gasteiger partial charge in [-0.05, 0) is 6.42 Å². The number of phenolic OH excluding ortho intramolecular Hbond substituents is 3. The topological polar surface area (TPSA) is 77.8 Å². The highest BCUT2D eigenvalue weighted by atomic mass is 16.3. The van der Waals surface area contributed by atoms with E-state index in [9.17, 15) is 20.1 Å². The van der Waals surface area contributed by atoms with Crippen LogP contribution >= 0.6 is 0 Å². The van der Waals surface area contributed by atoms with Crippen molar-refractivity contribution in [1.82, 2.24) is 0 Å². The van der Waals surface area contributed by atoms with Crippen molar-refractivity contribution in [2.45, 2.75) is 6.42 Å². The van der Waals surface area contributed by atoms with Crippen molar-refractivity contribution in [1.29, 1.82) is 0 Å². The summed E-state index contributed by atoms with van der Waals surface area (Å²) in [5.74, 6) is -1.11. The molecule has 0 spiro atoms. The quantitative estimate of drug-likeness (QED) is 0.501. The minimum atomic E-state index is -0.442. The maximum atomic E-state index is 10.5. The van der Waals surface area contributed by atoms with Crippen LogP contribution in [0, 0.1) is 0 Å². The predicted molar refractivity (Wildman–Crippen MR) is 50.7 cm³/mol. The SMILES string of the molecule is C=CCc1c(O)cc(O)c(C=O)c1O. The molecule has 0 atom stereocenters. The van der Waals surface area contributed by atoms with Crippen LogP contribution in [0.25, 0.3) is 0 Å². The van der Waals surface area contributed by atoms with Gasteiger partial charge in [0.1, 0.15) is 17.2 Å². The molecule has 0 amide bonds. The molecule has 0 aromatic heterocycles. The Morgan fingerprint density at radius 3 is 2.43 bits per heavy atom. The van der Waals surface area contributed by atoms with Crippen molar-refractivity contribution >= 4 is 6.29 Å². The lowest BCUT2D eigenvalue weighted by atomic mass is 10.0. The van der Waals surface area contributed by atoms with E-state index < -0.39 is 11.5 Å². The van der Waals surface area contributed by atoms with Crippen molar-refractivity contribution < 1.29 is 20.1 Å². The van der Waals surface area contributed by atoms with Gasteiger partial charge in [-0.3, -0.25) is 4.79 Å². The summed E-state index contributed by atoms with van der Waals surface area (Å²) in [5, 5.41) is 28.0. The monoisotopic (exact) mass is 194 g/mol. The maximum Gasteiger partial charge on any atom is 0.157 e. The molecule has 1 rings (SSSR count). The standard InChI is InChI=1S/C10H10O4/c1-2-3-6-8(12)4-9(13)7(5-11)10(6)14/h2,4-5,12-14H,1,3H2. The van der Waals surface area contributed by atoms with Gasteiger partial charge in [-0.2, -0.15) is 0 Å². The minimum absolute atomic E-state index is 0.180. The summed E-state index contributed by atoms with van der Waals surface area (Å²) < 4.78 is 0. The molecule has 1 aromatic rings. The summed E-state index contributed by atoms with van der Waals surface area (Å²) in [6.45, 7) is 3.44. The number of hydrogen-bond acceptors (Lipinski definition) is 4. The van der Waals surface area contributed by atoms with Crippen LogP contribution in [0.1, 0.15) is 15.9 Å². The lowest BCUT2D eigenvalue weighted by Gasteiger charge is -2.08. The molecule has 14 heavy (non-hydrogen) atoms. The normalized spacial score (nSPS) is 9.71. The van der Waals surface area contributed by atoms with E-state index in [4.69, 9.17) is 0 Å². The average Bonchev–Trinajstić information content (AvgIpc) is 2.12. The molecule has 0 aliphatic rings. The lowest BCUT2D eigenvalue weighted by Crippen LogP contribution is -1.90. The highest BCUT2D eigenvalue weighted by molar-refractivity contribution is 5.85. The van der Waals surface area contributed by atoms with E-state index in [0.717, 1.165) is 6.07 Å². The van der Waals surface area contributed by atoms with Crippen molar-refractivity contribution in [2.75, 3.05) is 0 Å². The first-order valence-electron chi connectivity index (χ1n) is 3.94. The molecule has 0 saturated heterocycles. The van der Waals surface area contributed by atoms with Crippen LogP contribution < -0.4 is 0 Å². The summed E-state index contributed by atoms with van der Waals surface area (Å²) in [7, 11) is 0. The number of carbonyl (C=O) groups is 1. The van der Waals surface area contributed by atoms with Crippen LogP contribution in [0.15, 0.2) is 18.7 Å². The number of carbonyl (C=O) groups excluding carboxylic acids is 1. The molecule has 0 bridgehead atoms. The summed E-state index contributed by atoms with van der Waals surface area (Å²) in [6.07, 6.45) is 2.02. The number of allylic oxidation sites excluding steroid dienone is 1. The van der Waals surface area contributed by atoms with E-state index in [0.29, 0.717) is 6.29 Å². The first-order chi connectivity index (χ1) is 6.61. The Morgan fingerprint density at radius 2 is 1.93 bits per heavy atom. The van der Waals surface area contributed by atoms with Crippen LogP contribution in [0.4, 0.5) is 0 Å². The van der Waals surface area contributed by atoms with Crippen LogP contribution in [-0.4, -0.2) is 21.6 Å². The maximum absolute atomic E-state index is 10.5. The predicted octanol–water partition coefficient (Wildman–Crippen LogP) is 1.34. The first-order valence-corrected chi connectivity index (χ1v) is 3.94. The fraction of sp³-hybridized carbons (Fsp3) is 0.100. The van der Waals surface area contributed by atoms with Gasteiger partial charge >= 0.3 is 0 Å². The molecule has 0 heterocycles. The number of rotatable bonds is 3. The smallest absolute Gasteiger partial charge is 0.157 e. The van der Waals surface area contributed by atoms with E-state index in [1.165, 1.54) is 6.08 Å². The first kappa shape index (κ1) is 10.1. The van der Waals surface area contributed by atoms with Crippen molar-refractivity contribution in [3.05, 3.63) is 29.8 Å². The van der Waals surface area contributed by atoms with Crippen LogP contribution in [-0.2, 0) is 6.42 Å². The molecule has 1 aromatic carbocycles. The number of aldehydes is 1. The molecule has 0 unspecified atom stereocenters. The minimum Gasteiger partial charge on any atom is -0.507 e. The Labute approximate surface area is 80.7 Å². The fourth-order valence-electron chi connectivity index (χ4n) is 1.16. The molecule has 0 aliphatic carbocycles. The second-order valence-corrected chi connectivity index (χ2v) is 2.77. The number of phenols is 3. The lowest BCUT2D eigenvalue weighted by molar-refractivity contribution is 0.111. The summed E-state index contributed by atoms with van der Waals surface area (Å²) in [6, 6.07) is 1.02. The third-order valence-corrected chi connectivity index (χ3v) is 1.87. The van der Waals surface area contributed by atoms with Gasteiger partial charge in [-0.25, -0.2) is 0 Å². The van der Waals surface area contributed by atoms with E-state index >= 15 is 0 Å². The largest absolute Gasteiger partial charge is 0.507 e. The van der Waals surface area contributed by atoms with Gasteiger partial charge in [0, 0.05) is 11.6 Å². The molecule has 0 aliphatic heterocycles. The van der Waals surface area contributed by atoms with Crippen molar-refractivity contribution in [3.8, 4) is 17.2 Å². The molecular formula is C10H10O4. The molecule has 4 heteroatoms. The zero-order valence-electron chi connectivity index (χ0n) is 7.40. The zero-order chi connectivity index (χ0) is 10.7. The molecule has 74 valence electrons. The van der Waals surface area contributed by atoms with Gasteiger partial charge in [0.15, 0.2) is 6.29 Å². The molecular weight excluding hydrogens is 184 g/mol. The Balaban J connectivity index is 3.42.